The molecule has 1 aliphatic heterocycles. The molecule has 0 unspecified atom stereocenters. The minimum absolute atomic E-state index is 0.164. The van der Waals surface area contributed by atoms with Crippen molar-refractivity contribution in [3.05, 3.63) is 29.8 Å². The molecule has 1 aromatic rings. The topological polar surface area (TPSA) is 75.7 Å². The number of carbonyl (C=O) groups is 3. The van der Waals surface area contributed by atoms with Crippen LogP contribution in [0.5, 0.6) is 0 Å². The minimum atomic E-state index is -0.574. The van der Waals surface area contributed by atoms with Crippen molar-refractivity contribution in [2.24, 2.45) is 5.92 Å². The van der Waals surface area contributed by atoms with Crippen molar-refractivity contribution in [3.8, 4) is 0 Å². The van der Waals surface area contributed by atoms with Crippen LogP contribution in [0.3, 0.4) is 0 Å². The maximum absolute atomic E-state index is 12.1. The number of esters is 1. The smallest absolute Gasteiger partial charge is 0.338 e. The van der Waals surface area contributed by atoms with Crippen molar-refractivity contribution < 1.29 is 19.1 Å². The predicted octanol–water partition coefficient (Wildman–Crippen LogP) is 2.06. The number of hydrogen-bond donors (Lipinski definition) is 1. The normalized spacial score (nSPS) is 17.5. The Morgan fingerprint density at radius 3 is 2.83 bits per heavy atom. The lowest BCUT2D eigenvalue weighted by molar-refractivity contribution is -0.136. The highest BCUT2D eigenvalue weighted by Crippen LogP contribution is 2.16. The quantitative estimate of drug-likeness (QED) is 0.862. The molecular weight excluding hydrogens is 296 g/mol. The molecule has 1 aliphatic rings. The number of carbonyl (C=O) groups excluding carboxylic acids is 3. The molecule has 1 N–H and O–H groups in total. The number of nitrogens with one attached hydrogen (secondary N) is 1. The molecule has 124 valence electrons. The largest absolute Gasteiger partial charge is 0.452 e. The van der Waals surface area contributed by atoms with E-state index >= 15 is 0 Å². The van der Waals surface area contributed by atoms with Gasteiger partial charge >= 0.3 is 5.97 Å². The number of hydrogen-bond acceptors (Lipinski definition) is 4. The van der Waals surface area contributed by atoms with E-state index < -0.39 is 5.97 Å². The van der Waals surface area contributed by atoms with Crippen molar-refractivity contribution in [1.82, 2.24) is 4.90 Å². The van der Waals surface area contributed by atoms with Crippen LogP contribution < -0.4 is 5.32 Å². The number of anilines is 1. The van der Waals surface area contributed by atoms with E-state index in [2.05, 4.69) is 12.2 Å². The third kappa shape index (κ3) is 5.09. The summed E-state index contributed by atoms with van der Waals surface area (Å²) in [5.41, 5.74) is 0.819. The monoisotopic (exact) mass is 318 g/mol. The fourth-order valence-corrected chi connectivity index (χ4v) is 2.65. The zero-order valence-electron chi connectivity index (χ0n) is 13.5. The van der Waals surface area contributed by atoms with Gasteiger partial charge in [0, 0.05) is 25.7 Å². The van der Waals surface area contributed by atoms with E-state index in [0.717, 1.165) is 19.4 Å². The van der Waals surface area contributed by atoms with Gasteiger partial charge in [-0.2, -0.15) is 0 Å². The van der Waals surface area contributed by atoms with Gasteiger partial charge in [0.1, 0.15) is 0 Å². The average molecular weight is 318 g/mol. The van der Waals surface area contributed by atoms with Gasteiger partial charge in [0.15, 0.2) is 6.61 Å². The van der Waals surface area contributed by atoms with Gasteiger partial charge in [-0.05, 0) is 37.0 Å². The predicted molar refractivity (Wildman–Crippen MR) is 86.0 cm³/mol. The molecule has 0 saturated carbocycles. The van der Waals surface area contributed by atoms with E-state index in [0.29, 0.717) is 23.7 Å². The Morgan fingerprint density at radius 1 is 1.35 bits per heavy atom. The lowest BCUT2D eigenvalue weighted by atomic mass is 10.0. The molecule has 1 fully saturated rings. The van der Waals surface area contributed by atoms with Gasteiger partial charge in [-0.3, -0.25) is 9.59 Å². The van der Waals surface area contributed by atoms with Crippen molar-refractivity contribution in [1.29, 1.82) is 0 Å². The third-order valence-electron chi connectivity index (χ3n) is 3.76. The molecule has 23 heavy (non-hydrogen) atoms. The van der Waals surface area contributed by atoms with Crippen LogP contribution >= 0.6 is 0 Å². The Hall–Kier alpha value is -2.37. The molecule has 1 aromatic carbocycles. The van der Waals surface area contributed by atoms with Crippen molar-refractivity contribution >= 4 is 23.5 Å². The van der Waals surface area contributed by atoms with E-state index in [9.17, 15) is 14.4 Å². The number of nitrogens with zero attached hydrogens (tertiary/aromatic N) is 1. The van der Waals surface area contributed by atoms with E-state index in [1.54, 1.807) is 23.1 Å². The number of benzene rings is 1. The summed E-state index contributed by atoms with van der Waals surface area (Å²) in [6, 6.07) is 6.44. The second kappa shape index (κ2) is 7.76. The Bertz CT molecular complexity index is 600. The summed E-state index contributed by atoms with van der Waals surface area (Å²) in [5.74, 6) is -0.471. The van der Waals surface area contributed by atoms with Gasteiger partial charge in [0.2, 0.25) is 5.91 Å². The second-order valence-corrected chi connectivity index (χ2v) is 5.93. The number of piperidine rings is 1. The van der Waals surface area contributed by atoms with Crippen LogP contribution in [0, 0.1) is 5.92 Å². The summed E-state index contributed by atoms with van der Waals surface area (Å²) in [5, 5.41) is 2.60. The first kappa shape index (κ1) is 17.0. The number of likely N-dealkylation sites (tertiary alicyclic amines) is 1. The third-order valence-corrected chi connectivity index (χ3v) is 3.76. The summed E-state index contributed by atoms with van der Waals surface area (Å²) < 4.78 is 5.10. The van der Waals surface area contributed by atoms with E-state index in [1.165, 1.54) is 13.0 Å². The standard InChI is InChI=1S/C17H22N2O4/c1-12-5-4-8-19(10-12)16(21)11-23-17(22)14-6-3-7-15(9-14)18-13(2)20/h3,6-7,9,12H,4-5,8,10-11H2,1-2H3,(H,18,20)/t12-/m1/s1. The molecule has 0 aliphatic carbocycles. The second-order valence-electron chi connectivity index (χ2n) is 5.93. The van der Waals surface area contributed by atoms with Gasteiger partial charge in [-0.15, -0.1) is 0 Å². The summed E-state index contributed by atoms with van der Waals surface area (Å²) in [4.78, 5) is 36.9. The van der Waals surface area contributed by atoms with Gasteiger partial charge in [-0.1, -0.05) is 13.0 Å². The van der Waals surface area contributed by atoms with Gasteiger partial charge in [-0.25, -0.2) is 4.79 Å². The summed E-state index contributed by atoms with van der Waals surface area (Å²) in [6.45, 7) is 4.69. The Kier molecular flexibility index (Phi) is 5.73. The van der Waals surface area contributed by atoms with E-state index in [-0.39, 0.29) is 18.4 Å². The van der Waals surface area contributed by atoms with E-state index in [4.69, 9.17) is 4.74 Å². The van der Waals surface area contributed by atoms with Crippen molar-refractivity contribution in [2.75, 3.05) is 25.0 Å². The molecule has 1 atom stereocenters. The molecular formula is C17H22N2O4. The zero-order valence-corrected chi connectivity index (χ0v) is 13.5. The number of amides is 2. The van der Waals surface area contributed by atoms with Crippen LogP contribution in [0.15, 0.2) is 24.3 Å². The maximum atomic E-state index is 12.1. The molecule has 6 heteroatoms. The van der Waals surface area contributed by atoms with Gasteiger partial charge < -0.3 is 15.0 Å². The molecule has 2 rings (SSSR count). The van der Waals surface area contributed by atoms with E-state index in [1.807, 2.05) is 0 Å². The first-order valence-electron chi connectivity index (χ1n) is 7.78. The zero-order chi connectivity index (χ0) is 16.8. The van der Waals surface area contributed by atoms with Crippen LogP contribution in [0.25, 0.3) is 0 Å². The van der Waals surface area contributed by atoms with Crippen LogP contribution in [-0.2, 0) is 14.3 Å². The SMILES string of the molecule is CC(=O)Nc1cccc(C(=O)OCC(=O)N2CCC[C@@H](C)C2)c1. The summed E-state index contributed by atoms with van der Waals surface area (Å²) in [6.07, 6.45) is 2.11. The Balaban J connectivity index is 1.89. The molecule has 0 radical (unpaired) electrons. The first-order valence-corrected chi connectivity index (χ1v) is 7.78. The van der Waals surface area contributed by atoms with Gasteiger partial charge in [0.05, 0.1) is 5.56 Å². The van der Waals surface area contributed by atoms with Crippen molar-refractivity contribution in [2.45, 2.75) is 26.7 Å². The van der Waals surface area contributed by atoms with Crippen LogP contribution in [0.2, 0.25) is 0 Å². The molecule has 6 nitrogen and oxygen atoms in total. The highest BCUT2D eigenvalue weighted by Gasteiger charge is 2.22. The molecule has 0 bridgehead atoms. The minimum Gasteiger partial charge on any atom is -0.452 e. The number of rotatable bonds is 4. The summed E-state index contributed by atoms with van der Waals surface area (Å²) in [7, 11) is 0. The van der Waals surface area contributed by atoms with Crippen LogP contribution in [0.4, 0.5) is 5.69 Å². The van der Waals surface area contributed by atoms with Crippen LogP contribution in [0.1, 0.15) is 37.0 Å². The number of ether oxygens (including phenoxy) is 1. The first-order chi connectivity index (χ1) is 11.0. The maximum Gasteiger partial charge on any atom is 0.338 e. The summed E-state index contributed by atoms with van der Waals surface area (Å²) >= 11 is 0. The molecule has 1 saturated heterocycles. The fraction of sp³-hybridized carbons (Fsp3) is 0.471. The molecule has 0 spiro atoms. The van der Waals surface area contributed by atoms with Crippen LogP contribution in [-0.4, -0.2) is 42.4 Å². The Morgan fingerprint density at radius 2 is 2.13 bits per heavy atom. The fourth-order valence-electron chi connectivity index (χ4n) is 2.65. The molecule has 0 aromatic heterocycles. The highest BCUT2D eigenvalue weighted by atomic mass is 16.5. The van der Waals surface area contributed by atoms with Crippen molar-refractivity contribution in [3.63, 3.8) is 0 Å². The lowest BCUT2D eigenvalue weighted by Gasteiger charge is -2.30. The highest BCUT2D eigenvalue weighted by molar-refractivity contribution is 5.94. The lowest BCUT2D eigenvalue weighted by Crippen LogP contribution is -2.41. The van der Waals surface area contributed by atoms with Gasteiger partial charge in [0.25, 0.3) is 5.91 Å². The molecule has 2 amide bonds. The average Bonchev–Trinajstić information content (AvgIpc) is 2.52. The Labute approximate surface area is 135 Å². The molecule has 1 heterocycles.